The molecule has 0 radical (unpaired) electrons. The average Bonchev–Trinajstić information content (AvgIpc) is 3.25. The largest absolute Gasteiger partial charge is 0.507 e. The summed E-state index contributed by atoms with van der Waals surface area (Å²) in [5.41, 5.74) is 2.18. The predicted molar refractivity (Wildman–Crippen MR) is 127 cm³/mol. The Morgan fingerprint density at radius 2 is 1.91 bits per heavy atom. The quantitative estimate of drug-likeness (QED) is 0.421. The minimum absolute atomic E-state index is 0.0347. The normalized spacial score (nSPS) is 21.4. The standard InChI is InChI=1S/C24H27FN8O/c1-23(2)12-17(21(25)24(3,4)32-23)28-22-27-13-18(29-30-22)15-6-5-14(11-19(15)34)16-7-8-20-26-9-10-33(20)31-16/h5-11,13,17,21,32,34H,12H2,1-4H3,(H,27,28,30). The van der Waals surface area contributed by atoms with E-state index in [1.54, 1.807) is 29.0 Å². The number of anilines is 1. The van der Waals surface area contributed by atoms with Gasteiger partial charge in [0.05, 0.1) is 17.9 Å². The third-order valence-corrected chi connectivity index (χ3v) is 6.13. The Morgan fingerprint density at radius 3 is 2.65 bits per heavy atom. The molecule has 176 valence electrons. The lowest BCUT2D eigenvalue weighted by Gasteiger charge is -2.48. The lowest BCUT2D eigenvalue weighted by Crippen LogP contribution is -2.67. The maximum atomic E-state index is 15.1. The number of halogens is 1. The van der Waals surface area contributed by atoms with Gasteiger partial charge in [0.1, 0.15) is 17.6 Å². The van der Waals surface area contributed by atoms with Gasteiger partial charge in [0.2, 0.25) is 5.95 Å². The summed E-state index contributed by atoms with van der Waals surface area (Å²) >= 11 is 0. The topological polar surface area (TPSA) is 113 Å². The van der Waals surface area contributed by atoms with Gasteiger partial charge in [-0.25, -0.2) is 18.9 Å². The van der Waals surface area contributed by atoms with Crippen LogP contribution in [0, 0.1) is 0 Å². The van der Waals surface area contributed by atoms with Crippen LogP contribution >= 0.6 is 0 Å². The van der Waals surface area contributed by atoms with E-state index in [0.717, 1.165) is 11.2 Å². The molecule has 1 aromatic carbocycles. The number of aromatic nitrogens is 6. The summed E-state index contributed by atoms with van der Waals surface area (Å²) in [6.07, 6.45) is 4.41. The van der Waals surface area contributed by atoms with Gasteiger partial charge in [-0.15, -0.1) is 10.2 Å². The van der Waals surface area contributed by atoms with E-state index in [9.17, 15) is 5.11 Å². The second kappa shape index (κ2) is 7.98. The Hall–Kier alpha value is -3.66. The zero-order chi connectivity index (χ0) is 24.1. The number of nitrogens with zero attached hydrogens (tertiary/aromatic N) is 6. The molecule has 1 aliphatic heterocycles. The molecule has 0 aliphatic carbocycles. The Labute approximate surface area is 196 Å². The highest BCUT2D eigenvalue weighted by Gasteiger charge is 2.46. The molecule has 2 unspecified atom stereocenters. The zero-order valence-electron chi connectivity index (χ0n) is 19.5. The molecular weight excluding hydrogens is 435 g/mol. The highest BCUT2D eigenvalue weighted by Crippen LogP contribution is 2.34. The number of aromatic hydroxyl groups is 1. The molecule has 1 aliphatic rings. The molecule has 34 heavy (non-hydrogen) atoms. The van der Waals surface area contributed by atoms with Crippen LogP contribution in [0.2, 0.25) is 0 Å². The lowest BCUT2D eigenvalue weighted by molar-refractivity contribution is 0.0654. The van der Waals surface area contributed by atoms with Crippen LogP contribution in [0.3, 0.4) is 0 Å². The summed E-state index contributed by atoms with van der Waals surface area (Å²) in [6.45, 7) is 7.80. The number of phenols is 1. The van der Waals surface area contributed by atoms with Crippen molar-refractivity contribution in [1.29, 1.82) is 0 Å². The molecule has 1 fully saturated rings. The molecular formula is C24H27FN8O. The first-order valence-electron chi connectivity index (χ1n) is 11.2. The van der Waals surface area contributed by atoms with Gasteiger partial charge in [-0.1, -0.05) is 6.07 Å². The van der Waals surface area contributed by atoms with Gasteiger partial charge < -0.3 is 15.7 Å². The maximum Gasteiger partial charge on any atom is 0.243 e. The van der Waals surface area contributed by atoms with E-state index in [1.807, 2.05) is 45.9 Å². The second-order valence-electron chi connectivity index (χ2n) is 9.93. The highest BCUT2D eigenvalue weighted by molar-refractivity contribution is 5.72. The fourth-order valence-electron chi connectivity index (χ4n) is 4.78. The Kier molecular flexibility index (Phi) is 5.20. The van der Waals surface area contributed by atoms with Crippen molar-refractivity contribution < 1.29 is 9.50 Å². The van der Waals surface area contributed by atoms with Crippen LogP contribution in [0.15, 0.2) is 48.9 Å². The summed E-state index contributed by atoms with van der Waals surface area (Å²) in [4.78, 5) is 8.51. The number of benzene rings is 1. The molecule has 3 aromatic heterocycles. The molecule has 10 heteroatoms. The number of imidazole rings is 1. The first-order valence-corrected chi connectivity index (χ1v) is 11.2. The SMILES string of the molecule is CC1(C)CC(Nc2ncc(-c3ccc(-c4ccc5nccn5n4)cc3O)nn2)C(F)C(C)(C)N1. The zero-order valence-corrected chi connectivity index (χ0v) is 19.5. The van der Waals surface area contributed by atoms with Crippen LogP contribution in [-0.4, -0.2) is 58.2 Å². The van der Waals surface area contributed by atoms with Crippen LogP contribution < -0.4 is 10.6 Å². The second-order valence-corrected chi connectivity index (χ2v) is 9.93. The summed E-state index contributed by atoms with van der Waals surface area (Å²) in [5.74, 6) is 0.284. The van der Waals surface area contributed by atoms with E-state index in [2.05, 4.69) is 35.9 Å². The molecule has 4 aromatic rings. The fraction of sp³-hybridized carbons (Fsp3) is 0.375. The lowest BCUT2D eigenvalue weighted by atomic mass is 9.78. The molecule has 3 N–H and O–H groups in total. The summed E-state index contributed by atoms with van der Waals surface area (Å²) < 4.78 is 16.7. The van der Waals surface area contributed by atoms with E-state index < -0.39 is 17.8 Å². The molecule has 9 nitrogen and oxygen atoms in total. The van der Waals surface area contributed by atoms with Gasteiger partial charge in [0, 0.05) is 34.6 Å². The first-order chi connectivity index (χ1) is 16.1. The van der Waals surface area contributed by atoms with Crippen molar-refractivity contribution in [3.63, 3.8) is 0 Å². The van der Waals surface area contributed by atoms with E-state index in [4.69, 9.17) is 0 Å². The van der Waals surface area contributed by atoms with Gasteiger partial charge in [0.25, 0.3) is 0 Å². The third kappa shape index (κ3) is 4.16. The molecule has 0 saturated carbocycles. The minimum Gasteiger partial charge on any atom is -0.507 e. The maximum absolute atomic E-state index is 15.1. The molecule has 1 saturated heterocycles. The van der Waals surface area contributed by atoms with Crippen LogP contribution in [0.25, 0.3) is 28.2 Å². The molecule has 4 heterocycles. The number of nitrogens with one attached hydrogen (secondary N) is 2. The number of rotatable bonds is 4. The van der Waals surface area contributed by atoms with Crippen molar-refractivity contribution >= 4 is 11.6 Å². The van der Waals surface area contributed by atoms with E-state index in [-0.39, 0.29) is 17.2 Å². The van der Waals surface area contributed by atoms with Gasteiger partial charge in [-0.05, 0) is 58.4 Å². The number of hydrogen-bond acceptors (Lipinski definition) is 8. The Morgan fingerprint density at radius 1 is 1.09 bits per heavy atom. The number of alkyl halides is 1. The van der Waals surface area contributed by atoms with Gasteiger partial charge in [-0.2, -0.15) is 5.10 Å². The monoisotopic (exact) mass is 462 g/mol. The van der Waals surface area contributed by atoms with Crippen molar-refractivity contribution in [2.45, 2.75) is 57.4 Å². The van der Waals surface area contributed by atoms with Gasteiger partial charge >= 0.3 is 0 Å². The average molecular weight is 463 g/mol. The first kappa shape index (κ1) is 22.1. The van der Waals surface area contributed by atoms with Crippen molar-refractivity contribution in [3.8, 4) is 28.3 Å². The van der Waals surface area contributed by atoms with Crippen LogP contribution in [0.4, 0.5) is 10.3 Å². The molecule has 5 rings (SSSR count). The van der Waals surface area contributed by atoms with Crippen molar-refractivity contribution in [2.24, 2.45) is 0 Å². The fourth-order valence-corrected chi connectivity index (χ4v) is 4.78. The van der Waals surface area contributed by atoms with Crippen LogP contribution in [0.1, 0.15) is 34.1 Å². The highest BCUT2D eigenvalue weighted by atomic mass is 19.1. The molecule has 0 bridgehead atoms. The van der Waals surface area contributed by atoms with Crippen molar-refractivity contribution in [3.05, 3.63) is 48.9 Å². The van der Waals surface area contributed by atoms with Crippen molar-refractivity contribution in [2.75, 3.05) is 5.32 Å². The van der Waals surface area contributed by atoms with E-state index in [1.165, 1.54) is 6.20 Å². The Balaban J connectivity index is 1.35. The smallest absolute Gasteiger partial charge is 0.243 e. The summed E-state index contributed by atoms with van der Waals surface area (Å²) in [7, 11) is 0. The number of piperidine rings is 1. The minimum atomic E-state index is -1.13. The van der Waals surface area contributed by atoms with Crippen LogP contribution in [0.5, 0.6) is 5.75 Å². The summed E-state index contributed by atoms with van der Waals surface area (Å²) in [6, 6.07) is 8.48. The Bertz CT molecular complexity index is 1330. The number of fused-ring (bicyclic) bond motifs is 1. The molecule has 0 spiro atoms. The number of phenolic OH excluding ortho intramolecular Hbond substituents is 1. The summed E-state index contributed by atoms with van der Waals surface area (Å²) in [5, 5.41) is 29.9. The van der Waals surface area contributed by atoms with Crippen LogP contribution in [-0.2, 0) is 0 Å². The van der Waals surface area contributed by atoms with Gasteiger partial charge in [-0.3, -0.25) is 0 Å². The van der Waals surface area contributed by atoms with Crippen molar-refractivity contribution in [1.82, 2.24) is 35.1 Å². The van der Waals surface area contributed by atoms with E-state index >= 15 is 4.39 Å². The molecule has 2 atom stereocenters. The van der Waals surface area contributed by atoms with E-state index in [0.29, 0.717) is 23.4 Å². The third-order valence-electron chi connectivity index (χ3n) is 6.13. The molecule has 0 amide bonds. The predicted octanol–water partition coefficient (Wildman–Crippen LogP) is 3.62. The number of hydrogen-bond donors (Lipinski definition) is 3. The van der Waals surface area contributed by atoms with Gasteiger partial charge in [0.15, 0.2) is 5.65 Å².